The van der Waals surface area contributed by atoms with Gasteiger partial charge in [0.25, 0.3) is 11.5 Å². The lowest BCUT2D eigenvalue weighted by Crippen LogP contribution is -2.54. The van der Waals surface area contributed by atoms with Crippen molar-refractivity contribution in [2.24, 2.45) is 0 Å². The number of aromatic nitrogens is 4. The topological polar surface area (TPSA) is 137 Å². The first-order valence-electron chi connectivity index (χ1n) is 9.18. The van der Waals surface area contributed by atoms with Crippen LogP contribution in [0.3, 0.4) is 0 Å². The van der Waals surface area contributed by atoms with Crippen LogP contribution in [-0.2, 0) is 14.2 Å². The lowest BCUT2D eigenvalue weighted by Gasteiger charge is -2.37. The number of aromatic amines is 1. The fourth-order valence-corrected chi connectivity index (χ4v) is 3.60. The number of ether oxygens (including phenoxy) is 3. The van der Waals surface area contributed by atoms with Gasteiger partial charge in [0.05, 0.1) is 12.6 Å². The van der Waals surface area contributed by atoms with E-state index in [1.165, 1.54) is 29.2 Å². The van der Waals surface area contributed by atoms with E-state index in [4.69, 9.17) is 14.2 Å². The van der Waals surface area contributed by atoms with Crippen molar-refractivity contribution in [2.75, 3.05) is 13.2 Å². The molecule has 1 amide bonds. The molecule has 0 aliphatic carbocycles. The van der Waals surface area contributed by atoms with Crippen molar-refractivity contribution < 1.29 is 19.0 Å². The van der Waals surface area contributed by atoms with Crippen molar-refractivity contribution in [2.45, 2.75) is 44.0 Å². The average Bonchev–Trinajstić information content (AvgIpc) is 3.02. The van der Waals surface area contributed by atoms with Gasteiger partial charge in [0.1, 0.15) is 18.3 Å². The number of fused-ring (bicyclic) bond motifs is 1. The Morgan fingerprint density at radius 3 is 2.72 bits per heavy atom. The van der Waals surface area contributed by atoms with E-state index in [9.17, 15) is 14.4 Å². The van der Waals surface area contributed by atoms with Crippen molar-refractivity contribution in [3.05, 3.63) is 57.4 Å². The molecule has 4 heterocycles. The summed E-state index contributed by atoms with van der Waals surface area (Å²) in [5, 5.41) is 2.74. The van der Waals surface area contributed by atoms with E-state index in [2.05, 4.69) is 20.3 Å². The second kappa shape index (κ2) is 7.50. The largest absolute Gasteiger partial charge is 0.371 e. The minimum absolute atomic E-state index is 0.0569. The van der Waals surface area contributed by atoms with Gasteiger partial charge in [0.15, 0.2) is 5.79 Å². The lowest BCUT2D eigenvalue weighted by atomic mass is 9.97. The third kappa shape index (κ3) is 3.97. The van der Waals surface area contributed by atoms with Gasteiger partial charge in [-0.25, -0.2) is 14.8 Å². The van der Waals surface area contributed by atoms with Crippen LogP contribution in [0.1, 0.15) is 30.5 Å². The third-order valence-electron chi connectivity index (χ3n) is 4.83. The molecule has 11 heteroatoms. The van der Waals surface area contributed by atoms with Crippen molar-refractivity contribution in [3.8, 4) is 0 Å². The van der Waals surface area contributed by atoms with Gasteiger partial charge in [-0.15, -0.1) is 0 Å². The molecular weight excluding hydrogens is 382 g/mol. The van der Waals surface area contributed by atoms with Gasteiger partial charge in [-0.1, -0.05) is 0 Å². The average molecular weight is 403 g/mol. The summed E-state index contributed by atoms with van der Waals surface area (Å²) in [5.74, 6) is -1.26. The summed E-state index contributed by atoms with van der Waals surface area (Å²) in [5.41, 5.74) is -1.03. The number of nitrogens with one attached hydrogen (secondary N) is 2. The Labute approximate surface area is 165 Å². The predicted molar refractivity (Wildman–Crippen MR) is 98.3 cm³/mol. The minimum Gasteiger partial charge on any atom is -0.371 e. The van der Waals surface area contributed by atoms with Gasteiger partial charge in [0.2, 0.25) is 5.82 Å². The molecule has 0 bridgehead atoms. The molecule has 2 aliphatic rings. The molecule has 0 aromatic carbocycles. The summed E-state index contributed by atoms with van der Waals surface area (Å²) in [7, 11) is 0. The smallest absolute Gasteiger partial charge is 0.328 e. The van der Waals surface area contributed by atoms with E-state index in [-0.39, 0.29) is 19.0 Å². The number of hydrogen-bond donors (Lipinski definition) is 2. The molecule has 4 rings (SSSR count). The Balaban J connectivity index is 1.52. The third-order valence-corrected chi connectivity index (χ3v) is 4.83. The Morgan fingerprint density at radius 2 is 2.00 bits per heavy atom. The number of nitrogens with zero attached hydrogens (tertiary/aromatic N) is 3. The van der Waals surface area contributed by atoms with Gasteiger partial charge in [-0.3, -0.25) is 19.1 Å². The molecule has 0 saturated carbocycles. The highest BCUT2D eigenvalue weighted by molar-refractivity contribution is 5.90. The number of rotatable bonds is 4. The molecule has 11 nitrogen and oxygen atoms in total. The van der Waals surface area contributed by atoms with Gasteiger partial charge in [-0.2, -0.15) is 0 Å². The highest BCUT2D eigenvalue weighted by Crippen LogP contribution is 2.39. The molecule has 2 aliphatic heterocycles. The van der Waals surface area contributed by atoms with Crippen molar-refractivity contribution in [3.63, 3.8) is 0 Å². The number of carbonyl (C=O) groups excluding carboxylic acids is 1. The first-order valence-corrected chi connectivity index (χ1v) is 9.18. The van der Waals surface area contributed by atoms with Crippen molar-refractivity contribution in [1.82, 2.24) is 24.8 Å². The molecule has 2 saturated heterocycles. The zero-order chi connectivity index (χ0) is 20.6. The van der Waals surface area contributed by atoms with E-state index in [1.54, 1.807) is 19.9 Å². The van der Waals surface area contributed by atoms with E-state index in [0.717, 1.165) is 0 Å². The number of carbonyl (C=O) groups is 1. The molecule has 0 unspecified atom stereocenters. The molecule has 0 radical (unpaired) electrons. The number of H-pyrrole nitrogens is 1. The van der Waals surface area contributed by atoms with E-state index in [1.807, 2.05) is 0 Å². The SMILES string of the molecule is CC1(C)O[C@@H]2[C@H](O1)[C@@H](CNC(=O)c1ncccn1)OC[C@H]2n1ccc(=O)[nH]c1=O. The van der Waals surface area contributed by atoms with Crippen LogP contribution in [0.15, 0.2) is 40.3 Å². The van der Waals surface area contributed by atoms with E-state index >= 15 is 0 Å². The molecule has 29 heavy (non-hydrogen) atoms. The Kier molecular flexibility index (Phi) is 5.03. The van der Waals surface area contributed by atoms with Crippen LogP contribution in [0.4, 0.5) is 0 Å². The minimum atomic E-state index is -0.891. The lowest BCUT2D eigenvalue weighted by molar-refractivity contribution is -0.153. The van der Waals surface area contributed by atoms with Crippen LogP contribution in [0.5, 0.6) is 0 Å². The van der Waals surface area contributed by atoms with Crippen LogP contribution in [0, 0.1) is 0 Å². The second-order valence-electron chi connectivity index (χ2n) is 7.30. The summed E-state index contributed by atoms with van der Waals surface area (Å²) in [6.07, 6.45) is 2.85. The summed E-state index contributed by atoms with van der Waals surface area (Å²) in [6.45, 7) is 3.84. The predicted octanol–water partition coefficient (Wildman–Crippen LogP) is -0.783. The highest BCUT2D eigenvalue weighted by atomic mass is 16.8. The van der Waals surface area contributed by atoms with Gasteiger partial charge in [0, 0.05) is 31.2 Å². The number of hydrogen-bond acceptors (Lipinski definition) is 8. The Hall–Kier alpha value is -2.89. The fraction of sp³-hybridized carbons (Fsp3) is 0.500. The summed E-state index contributed by atoms with van der Waals surface area (Å²) in [4.78, 5) is 45.9. The molecule has 2 aromatic rings. The maximum atomic E-state index is 12.2. The highest BCUT2D eigenvalue weighted by Gasteiger charge is 2.52. The first-order chi connectivity index (χ1) is 13.8. The molecule has 2 fully saturated rings. The van der Waals surface area contributed by atoms with Gasteiger partial charge < -0.3 is 19.5 Å². The van der Waals surface area contributed by atoms with Crippen LogP contribution >= 0.6 is 0 Å². The zero-order valence-electron chi connectivity index (χ0n) is 15.9. The molecule has 2 N–H and O–H groups in total. The normalized spacial score (nSPS) is 27.9. The van der Waals surface area contributed by atoms with Crippen molar-refractivity contribution in [1.29, 1.82) is 0 Å². The number of amides is 1. The Morgan fingerprint density at radius 1 is 1.28 bits per heavy atom. The second-order valence-corrected chi connectivity index (χ2v) is 7.30. The van der Waals surface area contributed by atoms with Crippen LogP contribution in [-0.4, -0.2) is 62.7 Å². The summed E-state index contributed by atoms with van der Waals surface area (Å²) >= 11 is 0. The molecule has 154 valence electrons. The quantitative estimate of drug-likeness (QED) is 0.678. The summed E-state index contributed by atoms with van der Waals surface area (Å²) in [6, 6.07) is 2.40. The van der Waals surface area contributed by atoms with Gasteiger partial charge >= 0.3 is 5.69 Å². The monoisotopic (exact) mass is 403 g/mol. The van der Waals surface area contributed by atoms with Crippen LogP contribution in [0.2, 0.25) is 0 Å². The summed E-state index contributed by atoms with van der Waals surface area (Å²) < 4.78 is 19.3. The van der Waals surface area contributed by atoms with Crippen molar-refractivity contribution >= 4 is 5.91 Å². The van der Waals surface area contributed by atoms with E-state index < -0.39 is 47.3 Å². The Bertz CT molecular complexity index is 1000. The van der Waals surface area contributed by atoms with Crippen LogP contribution in [0.25, 0.3) is 0 Å². The van der Waals surface area contributed by atoms with Gasteiger partial charge in [-0.05, 0) is 19.9 Å². The first kappa shape index (κ1) is 19.4. The molecule has 0 spiro atoms. The maximum Gasteiger partial charge on any atom is 0.328 e. The maximum absolute atomic E-state index is 12.2. The fourth-order valence-electron chi connectivity index (χ4n) is 3.60. The van der Waals surface area contributed by atoms with Crippen LogP contribution < -0.4 is 16.6 Å². The zero-order valence-corrected chi connectivity index (χ0v) is 15.9. The standard InChI is InChI=1S/C18H21N5O6/c1-18(2)28-13-10(23-7-4-12(24)22-17(23)26)9-27-11(14(13)29-18)8-21-16(25)15-19-5-3-6-20-15/h3-7,10-11,13-14H,8-9H2,1-2H3,(H,21,25)(H,22,24,26)/t10-,11-,13+,14-/m1/s1. The molecule has 2 aromatic heterocycles. The molecule has 4 atom stereocenters. The van der Waals surface area contributed by atoms with E-state index in [0.29, 0.717) is 0 Å². The molecular formula is C18H21N5O6.